The van der Waals surface area contributed by atoms with E-state index in [0.717, 1.165) is 16.9 Å². The Labute approximate surface area is 113 Å². The first-order chi connectivity index (χ1) is 9.83. The summed E-state index contributed by atoms with van der Waals surface area (Å²) in [5, 5.41) is 0. The van der Waals surface area contributed by atoms with E-state index in [1.807, 2.05) is 47.1 Å². The lowest BCUT2D eigenvalue weighted by Gasteiger charge is -1.94. The van der Waals surface area contributed by atoms with Crippen LogP contribution in [-0.2, 0) is 0 Å². The number of fused-ring (bicyclic) bond motifs is 2. The number of hydrogen-bond acceptors (Lipinski definition) is 3. The van der Waals surface area contributed by atoms with E-state index in [1.54, 1.807) is 12.4 Å². The van der Waals surface area contributed by atoms with Crippen molar-refractivity contribution in [1.82, 2.24) is 19.4 Å². The summed E-state index contributed by atoms with van der Waals surface area (Å²) in [4.78, 5) is 23.6. The summed E-state index contributed by atoms with van der Waals surface area (Å²) >= 11 is 0. The summed E-state index contributed by atoms with van der Waals surface area (Å²) in [6.07, 6.45) is 7.01. The van der Waals surface area contributed by atoms with Crippen LogP contribution >= 0.6 is 0 Å². The first kappa shape index (κ1) is 10.9. The second-order valence-electron chi connectivity index (χ2n) is 4.54. The van der Waals surface area contributed by atoms with Gasteiger partial charge in [0.2, 0.25) is 0 Å². The Hall–Kier alpha value is -2.95. The maximum atomic E-state index is 12.2. The highest BCUT2D eigenvalue weighted by Gasteiger charge is 2.17. The number of imidazole rings is 1. The van der Waals surface area contributed by atoms with Crippen molar-refractivity contribution in [3.8, 4) is 22.5 Å². The Morgan fingerprint density at radius 2 is 2.05 bits per heavy atom. The van der Waals surface area contributed by atoms with Crippen LogP contribution in [0.25, 0.3) is 28.2 Å². The molecular weight excluding hydrogens is 252 g/mol. The van der Waals surface area contributed by atoms with Crippen LogP contribution in [0.5, 0.6) is 0 Å². The van der Waals surface area contributed by atoms with Crippen LogP contribution in [-0.4, -0.2) is 19.4 Å². The maximum Gasteiger partial charge on any atom is 0.258 e. The van der Waals surface area contributed by atoms with Gasteiger partial charge in [-0.2, -0.15) is 0 Å². The Morgan fingerprint density at radius 3 is 2.95 bits per heavy atom. The van der Waals surface area contributed by atoms with E-state index < -0.39 is 0 Å². The molecule has 3 heterocycles. The van der Waals surface area contributed by atoms with Crippen LogP contribution in [0.15, 0.2) is 59.9 Å². The number of rotatable bonds is 1. The normalized spacial score (nSPS) is 11.2. The predicted molar refractivity (Wildman–Crippen MR) is 75.7 cm³/mol. The van der Waals surface area contributed by atoms with Gasteiger partial charge in [0, 0.05) is 29.8 Å². The zero-order valence-electron chi connectivity index (χ0n) is 10.4. The van der Waals surface area contributed by atoms with Crippen molar-refractivity contribution in [1.29, 1.82) is 0 Å². The standard InChI is InChI=1S/C15H10N4O/c20-15-14(10-4-2-1-3-5-11(10)18-15)12-9-19-7-6-16-8-13(19)17-12/h1-9H,(H,18,20). The summed E-state index contributed by atoms with van der Waals surface area (Å²) < 4.78 is 1.85. The highest BCUT2D eigenvalue weighted by atomic mass is 16.1. The Bertz CT molecular complexity index is 905. The van der Waals surface area contributed by atoms with Gasteiger partial charge in [0.25, 0.3) is 5.56 Å². The Kier molecular flexibility index (Phi) is 2.20. The second kappa shape index (κ2) is 4.03. The Morgan fingerprint density at radius 1 is 1.15 bits per heavy atom. The molecule has 2 aliphatic rings. The van der Waals surface area contributed by atoms with Crippen molar-refractivity contribution in [3.63, 3.8) is 0 Å². The lowest BCUT2D eigenvalue weighted by atomic mass is 10.1. The number of nitrogens with one attached hydrogen (secondary N) is 1. The van der Waals surface area contributed by atoms with Gasteiger partial charge in [-0.25, -0.2) is 4.98 Å². The zero-order valence-corrected chi connectivity index (χ0v) is 10.4. The molecule has 20 heavy (non-hydrogen) atoms. The summed E-state index contributed by atoms with van der Waals surface area (Å²) in [5.41, 5.74) is 3.53. The lowest BCUT2D eigenvalue weighted by Crippen LogP contribution is -2.00. The second-order valence-corrected chi connectivity index (χ2v) is 4.54. The Balaban J connectivity index is 2.04. The van der Waals surface area contributed by atoms with Crippen molar-refractivity contribution in [2.24, 2.45) is 0 Å². The number of aromatic amines is 1. The minimum absolute atomic E-state index is 0.123. The van der Waals surface area contributed by atoms with E-state index in [9.17, 15) is 4.79 Å². The smallest absolute Gasteiger partial charge is 0.258 e. The van der Waals surface area contributed by atoms with Gasteiger partial charge in [-0.3, -0.25) is 9.78 Å². The van der Waals surface area contributed by atoms with Crippen LogP contribution in [0, 0.1) is 0 Å². The molecule has 0 radical (unpaired) electrons. The predicted octanol–water partition coefficient (Wildman–Crippen LogP) is 2.19. The summed E-state index contributed by atoms with van der Waals surface area (Å²) in [6, 6.07) is 9.55. The highest BCUT2D eigenvalue weighted by Crippen LogP contribution is 2.28. The van der Waals surface area contributed by atoms with Crippen molar-refractivity contribution in [2.75, 3.05) is 0 Å². The van der Waals surface area contributed by atoms with Crippen molar-refractivity contribution in [3.05, 3.63) is 65.5 Å². The van der Waals surface area contributed by atoms with Crippen molar-refractivity contribution in [2.45, 2.75) is 0 Å². The van der Waals surface area contributed by atoms with Gasteiger partial charge < -0.3 is 9.38 Å². The third-order valence-corrected chi connectivity index (χ3v) is 3.30. The fourth-order valence-corrected chi connectivity index (χ4v) is 2.40. The van der Waals surface area contributed by atoms with Crippen molar-refractivity contribution < 1.29 is 0 Å². The number of nitrogens with zero attached hydrogens (tertiary/aromatic N) is 3. The van der Waals surface area contributed by atoms with Gasteiger partial charge in [0.05, 0.1) is 17.5 Å². The molecule has 0 unspecified atom stereocenters. The quantitative estimate of drug-likeness (QED) is 0.572. The summed E-state index contributed by atoms with van der Waals surface area (Å²) in [6.45, 7) is 0. The molecule has 1 aliphatic carbocycles. The monoisotopic (exact) mass is 262 g/mol. The van der Waals surface area contributed by atoms with Gasteiger partial charge >= 0.3 is 0 Å². The third-order valence-electron chi connectivity index (χ3n) is 3.30. The van der Waals surface area contributed by atoms with Gasteiger partial charge in [0.1, 0.15) is 0 Å². The molecule has 5 nitrogen and oxygen atoms in total. The van der Waals surface area contributed by atoms with Crippen LogP contribution in [0.4, 0.5) is 0 Å². The van der Waals surface area contributed by atoms with Gasteiger partial charge in [0.15, 0.2) is 5.65 Å². The number of hydrogen-bond donors (Lipinski definition) is 1. The van der Waals surface area contributed by atoms with E-state index in [1.165, 1.54) is 0 Å². The largest absolute Gasteiger partial charge is 0.321 e. The molecule has 4 rings (SSSR count). The van der Waals surface area contributed by atoms with Gasteiger partial charge in [-0.05, 0) is 6.07 Å². The molecule has 0 saturated carbocycles. The van der Waals surface area contributed by atoms with E-state index in [-0.39, 0.29) is 5.56 Å². The molecule has 0 fully saturated rings. The van der Waals surface area contributed by atoms with E-state index >= 15 is 0 Å². The average molecular weight is 262 g/mol. The fourth-order valence-electron chi connectivity index (χ4n) is 2.40. The summed E-state index contributed by atoms with van der Waals surface area (Å²) in [7, 11) is 0. The minimum atomic E-state index is -0.123. The highest BCUT2D eigenvalue weighted by molar-refractivity contribution is 5.81. The molecule has 5 heteroatoms. The molecule has 1 N–H and O–H groups in total. The lowest BCUT2D eigenvalue weighted by molar-refractivity contribution is 1.13. The molecule has 1 aliphatic heterocycles. The molecule has 0 amide bonds. The molecule has 0 saturated heterocycles. The molecule has 0 aromatic carbocycles. The van der Waals surface area contributed by atoms with Gasteiger partial charge in [-0.1, -0.05) is 24.3 Å². The van der Waals surface area contributed by atoms with Crippen molar-refractivity contribution >= 4 is 5.65 Å². The molecule has 0 bridgehead atoms. The molecule has 2 aromatic rings. The maximum absolute atomic E-state index is 12.2. The molecule has 2 aromatic heterocycles. The van der Waals surface area contributed by atoms with Crippen LogP contribution < -0.4 is 5.56 Å². The SMILES string of the molecule is O=c1[nH]c2cccccc-2c1-c1cn2ccncc2n1. The van der Waals surface area contributed by atoms with E-state index in [0.29, 0.717) is 11.3 Å². The average Bonchev–Trinajstić information content (AvgIpc) is 2.92. The summed E-state index contributed by atoms with van der Waals surface area (Å²) in [5.74, 6) is 0. The number of H-pyrrole nitrogens is 1. The van der Waals surface area contributed by atoms with E-state index in [2.05, 4.69) is 15.0 Å². The zero-order chi connectivity index (χ0) is 13.5. The topological polar surface area (TPSA) is 63.0 Å². The van der Waals surface area contributed by atoms with Crippen LogP contribution in [0.1, 0.15) is 0 Å². The number of aromatic nitrogens is 4. The first-order valence-corrected chi connectivity index (χ1v) is 6.23. The molecular formula is C15H10N4O. The molecule has 0 spiro atoms. The van der Waals surface area contributed by atoms with Gasteiger partial charge in [-0.15, -0.1) is 0 Å². The minimum Gasteiger partial charge on any atom is -0.321 e. The van der Waals surface area contributed by atoms with E-state index in [4.69, 9.17) is 0 Å². The van der Waals surface area contributed by atoms with Crippen LogP contribution in [0.2, 0.25) is 0 Å². The fraction of sp³-hybridized carbons (Fsp3) is 0. The van der Waals surface area contributed by atoms with Crippen LogP contribution in [0.3, 0.4) is 0 Å². The molecule has 0 atom stereocenters. The first-order valence-electron chi connectivity index (χ1n) is 6.23. The molecule has 96 valence electrons. The third kappa shape index (κ3) is 1.53.